The van der Waals surface area contributed by atoms with Gasteiger partial charge in [0.15, 0.2) is 0 Å². The summed E-state index contributed by atoms with van der Waals surface area (Å²) in [7, 11) is 0. The van der Waals surface area contributed by atoms with Crippen LogP contribution >= 0.6 is 11.6 Å². The van der Waals surface area contributed by atoms with Crippen molar-refractivity contribution >= 4 is 18.0 Å². The van der Waals surface area contributed by atoms with Gasteiger partial charge in [0, 0.05) is 5.02 Å². The Labute approximate surface area is 81.9 Å². The molecule has 0 spiro atoms. The second kappa shape index (κ2) is 3.04. The first kappa shape index (κ1) is 8.57. The fourth-order valence-corrected chi connectivity index (χ4v) is 1.65. The van der Waals surface area contributed by atoms with Crippen LogP contribution in [0.25, 0.3) is 0 Å². The molecule has 3 heteroatoms. The Morgan fingerprint density at radius 3 is 2.38 bits per heavy atom. The zero-order chi connectivity index (χ0) is 9.31. The van der Waals surface area contributed by atoms with Gasteiger partial charge in [-0.1, -0.05) is 23.7 Å². The zero-order valence-electron chi connectivity index (χ0n) is 7.09. The summed E-state index contributed by atoms with van der Waals surface area (Å²) in [5.41, 5.74) is 1.05. The van der Waals surface area contributed by atoms with Gasteiger partial charge in [0.1, 0.15) is 0 Å². The average molecular weight is 196 g/mol. The number of amides is 1. The van der Waals surface area contributed by atoms with E-state index in [2.05, 4.69) is 5.32 Å². The molecule has 0 atom stereocenters. The van der Waals surface area contributed by atoms with E-state index in [0.29, 0.717) is 0 Å². The first-order valence-corrected chi connectivity index (χ1v) is 4.62. The molecule has 13 heavy (non-hydrogen) atoms. The van der Waals surface area contributed by atoms with Crippen molar-refractivity contribution in [2.75, 3.05) is 0 Å². The molecule has 0 aromatic heterocycles. The van der Waals surface area contributed by atoms with Crippen LogP contribution in [0.2, 0.25) is 5.02 Å². The maximum absolute atomic E-state index is 10.4. The Morgan fingerprint density at radius 1 is 1.31 bits per heavy atom. The van der Waals surface area contributed by atoms with E-state index >= 15 is 0 Å². The molecule has 1 aromatic rings. The van der Waals surface area contributed by atoms with Crippen molar-refractivity contribution in [3.8, 4) is 0 Å². The first-order chi connectivity index (χ1) is 6.27. The number of nitrogens with one attached hydrogen (secondary N) is 1. The van der Waals surface area contributed by atoms with Gasteiger partial charge in [0.25, 0.3) is 0 Å². The van der Waals surface area contributed by atoms with E-state index < -0.39 is 0 Å². The molecule has 68 valence electrons. The highest BCUT2D eigenvalue weighted by Crippen LogP contribution is 2.45. The fraction of sp³-hybridized carbons (Fsp3) is 0.300. The van der Waals surface area contributed by atoms with Gasteiger partial charge in [-0.2, -0.15) is 0 Å². The van der Waals surface area contributed by atoms with E-state index in [9.17, 15) is 4.79 Å². The molecule has 0 aliphatic heterocycles. The quantitative estimate of drug-likeness (QED) is 0.736. The first-order valence-electron chi connectivity index (χ1n) is 4.24. The highest BCUT2D eigenvalue weighted by atomic mass is 35.5. The minimum absolute atomic E-state index is 0.0909. The van der Waals surface area contributed by atoms with Crippen molar-refractivity contribution in [2.45, 2.75) is 18.4 Å². The molecule has 0 heterocycles. The predicted octanol–water partition coefficient (Wildman–Crippen LogP) is 2.08. The normalized spacial score (nSPS) is 17.9. The Bertz CT molecular complexity index is 316. The van der Waals surface area contributed by atoms with Crippen LogP contribution in [-0.2, 0) is 10.3 Å². The van der Waals surface area contributed by atoms with Crippen LogP contribution < -0.4 is 5.32 Å². The lowest BCUT2D eigenvalue weighted by atomic mass is 10.1. The Morgan fingerprint density at radius 2 is 1.92 bits per heavy atom. The molecule has 1 aliphatic carbocycles. The molecular formula is C10H10ClNO. The average Bonchev–Trinajstić information content (AvgIpc) is 2.87. The summed E-state index contributed by atoms with van der Waals surface area (Å²) in [6.45, 7) is 0. The van der Waals surface area contributed by atoms with Gasteiger partial charge in [0.05, 0.1) is 5.54 Å². The van der Waals surface area contributed by atoms with Crippen LogP contribution in [0, 0.1) is 0 Å². The molecule has 1 N–H and O–H groups in total. The summed E-state index contributed by atoms with van der Waals surface area (Å²) >= 11 is 5.77. The van der Waals surface area contributed by atoms with E-state index in [1.807, 2.05) is 24.3 Å². The summed E-state index contributed by atoms with van der Waals surface area (Å²) in [5.74, 6) is 0. The second-order valence-electron chi connectivity index (χ2n) is 3.35. The van der Waals surface area contributed by atoms with E-state index in [1.165, 1.54) is 0 Å². The number of carbonyl (C=O) groups is 1. The van der Waals surface area contributed by atoms with Crippen LogP contribution in [0.4, 0.5) is 0 Å². The summed E-state index contributed by atoms with van der Waals surface area (Å²) < 4.78 is 0. The van der Waals surface area contributed by atoms with E-state index in [1.54, 1.807) is 0 Å². The topological polar surface area (TPSA) is 29.1 Å². The Hall–Kier alpha value is -1.02. The highest BCUT2D eigenvalue weighted by Gasteiger charge is 2.43. The second-order valence-corrected chi connectivity index (χ2v) is 3.79. The number of rotatable bonds is 3. The van der Waals surface area contributed by atoms with Gasteiger partial charge in [-0.05, 0) is 30.5 Å². The number of halogens is 1. The molecule has 1 saturated carbocycles. The third-order valence-corrected chi connectivity index (χ3v) is 2.73. The van der Waals surface area contributed by atoms with Crippen molar-refractivity contribution in [2.24, 2.45) is 0 Å². The lowest BCUT2D eigenvalue weighted by molar-refractivity contribution is -0.110. The van der Waals surface area contributed by atoms with Crippen molar-refractivity contribution < 1.29 is 4.79 Å². The predicted molar refractivity (Wildman–Crippen MR) is 51.6 cm³/mol. The summed E-state index contributed by atoms with van der Waals surface area (Å²) in [4.78, 5) is 10.4. The van der Waals surface area contributed by atoms with Gasteiger partial charge in [-0.25, -0.2) is 0 Å². The zero-order valence-corrected chi connectivity index (χ0v) is 7.84. The number of hydrogen-bond donors (Lipinski definition) is 1. The molecule has 0 radical (unpaired) electrons. The standard InChI is InChI=1S/C10H10ClNO/c11-9-3-1-8(2-4-9)10(5-6-10)12-7-13/h1-4,7H,5-6H2,(H,12,13). The van der Waals surface area contributed by atoms with Gasteiger partial charge in [-0.15, -0.1) is 0 Å². The third-order valence-electron chi connectivity index (χ3n) is 2.48. The smallest absolute Gasteiger partial charge is 0.207 e. The molecule has 0 saturated heterocycles. The monoisotopic (exact) mass is 195 g/mol. The van der Waals surface area contributed by atoms with E-state index in [4.69, 9.17) is 11.6 Å². The van der Waals surface area contributed by atoms with Crippen LogP contribution in [0.15, 0.2) is 24.3 Å². The molecule has 1 fully saturated rings. The maximum atomic E-state index is 10.4. The fourth-order valence-electron chi connectivity index (χ4n) is 1.52. The van der Waals surface area contributed by atoms with Crippen LogP contribution in [0.1, 0.15) is 18.4 Å². The number of carbonyl (C=O) groups excluding carboxylic acids is 1. The summed E-state index contributed by atoms with van der Waals surface area (Å²) in [6.07, 6.45) is 2.81. The molecule has 1 aliphatic rings. The molecule has 2 nitrogen and oxygen atoms in total. The third kappa shape index (κ3) is 1.54. The molecule has 1 aromatic carbocycles. The Balaban J connectivity index is 2.25. The highest BCUT2D eigenvalue weighted by molar-refractivity contribution is 6.30. The summed E-state index contributed by atoms with van der Waals surface area (Å²) in [6, 6.07) is 7.63. The van der Waals surface area contributed by atoms with Crippen molar-refractivity contribution in [3.05, 3.63) is 34.9 Å². The van der Waals surface area contributed by atoms with E-state index in [-0.39, 0.29) is 5.54 Å². The minimum Gasteiger partial charge on any atom is -0.349 e. The van der Waals surface area contributed by atoms with Crippen LogP contribution in [0.5, 0.6) is 0 Å². The largest absolute Gasteiger partial charge is 0.349 e. The summed E-state index contributed by atoms with van der Waals surface area (Å²) in [5, 5.41) is 3.57. The molecule has 0 bridgehead atoms. The minimum atomic E-state index is -0.0909. The molecular weight excluding hydrogens is 186 g/mol. The van der Waals surface area contributed by atoms with Gasteiger partial charge in [-0.3, -0.25) is 4.79 Å². The van der Waals surface area contributed by atoms with E-state index in [0.717, 1.165) is 29.8 Å². The number of hydrogen-bond acceptors (Lipinski definition) is 1. The van der Waals surface area contributed by atoms with Gasteiger partial charge < -0.3 is 5.32 Å². The van der Waals surface area contributed by atoms with Crippen molar-refractivity contribution in [1.82, 2.24) is 5.32 Å². The Kier molecular flexibility index (Phi) is 2.00. The molecule has 1 amide bonds. The SMILES string of the molecule is O=CNC1(c2ccc(Cl)cc2)CC1. The van der Waals surface area contributed by atoms with Crippen molar-refractivity contribution in [3.63, 3.8) is 0 Å². The van der Waals surface area contributed by atoms with Gasteiger partial charge >= 0.3 is 0 Å². The number of benzene rings is 1. The van der Waals surface area contributed by atoms with Crippen molar-refractivity contribution in [1.29, 1.82) is 0 Å². The molecule has 2 rings (SSSR count). The molecule has 0 unspecified atom stereocenters. The maximum Gasteiger partial charge on any atom is 0.207 e. The van der Waals surface area contributed by atoms with Crippen LogP contribution in [-0.4, -0.2) is 6.41 Å². The lowest BCUT2D eigenvalue weighted by Crippen LogP contribution is -2.27. The van der Waals surface area contributed by atoms with Crippen LogP contribution in [0.3, 0.4) is 0 Å². The lowest BCUT2D eigenvalue weighted by Gasteiger charge is -2.13. The van der Waals surface area contributed by atoms with Gasteiger partial charge in [0.2, 0.25) is 6.41 Å².